The Morgan fingerprint density at radius 2 is 0.795 bits per heavy atom. The Bertz CT molecular complexity index is 1730. The van der Waals surface area contributed by atoms with Gasteiger partial charge < -0.3 is 53.9 Å². The van der Waals surface area contributed by atoms with Crippen LogP contribution in [0, 0.1) is 0 Å². The lowest BCUT2D eigenvalue weighted by atomic mass is 9.85. The van der Waals surface area contributed by atoms with Gasteiger partial charge in [-0.15, -0.1) is 0 Å². The van der Waals surface area contributed by atoms with Gasteiger partial charge in [0.1, 0.15) is 43.2 Å². The predicted molar refractivity (Wildman–Crippen MR) is 272 cm³/mol. The van der Waals surface area contributed by atoms with Crippen molar-refractivity contribution in [2.75, 3.05) is 13.2 Å². The lowest BCUT2D eigenvalue weighted by Gasteiger charge is -2.45. The number of unbranched alkanes of at least 4 members (excludes halogenated alkanes) is 21. The molecule has 0 aromatic carbocycles. The number of ether oxygens (including phenoxy) is 2. The summed E-state index contributed by atoms with van der Waals surface area (Å²) in [6, 6.07) is 0. The highest BCUT2D eigenvalue weighted by molar-refractivity contribution is 7.47. The average molecular weight is 1130 g/mol. The van der Waals surface area contributed by atoms with Crippen molar-refractivity contribution in [2.45, 2.75) is 236 Å². The Morgan fingerprint density at radius 3 is 1.23 bits per heavy atom. The van der Waals surface area contributed by atoms with Gasteiger partial charge in [-0.1, -0.05) is 147 Å². The molecule has 8 atom stereocenters. The minimum Gasteiger partial charge on any atom is -0.462 e. The van der Waals surface area contributed by atoms with Crippen molar-refractivity contribution in [3.8, 4) is 0 Å². The number of phosphoric ester groups is 4. The summed E-state index contributed by atoms with van der Waals surface area (Å²) in [5.74, 6) is -1.42. The number of hydrogen-bond acceptors (Lipinski definition) is 15. The summed E-state index contributed by atoms with van der Waals surface area (Å²) in [5.41, 5.74) is 0. The molecule has 0 heterocycles. The van der Waals surface area contributed by atoms with Gasteiger partial charge in [-0.3, -0.25) is 32.2 Å². The van der Waals surface area contributed by atoms with E-state index in [2.05, 4.69) is 63.9 Å². The topological polar surface area (TPSA) is 349 Å². The molecule has 0 radical (unpaired) electrons. The third-order valence-corrected chi connectivity index (χ3v) is 14.2. The van der Waals surface area contributed by atoms with E-state index in [1.165, 1.54) is 57.8 Å². The molecule has 1 aliphatic carbocycles. The van der Waals surface area contributed by atoms with Crippen LogP contribution in [0.25, 0.3) is 0 Å². The van der Waals surface area contributed by atoms with Crippen LogP contribution >= 0.6 is 31.3 Å². The number of carbonyl (C=O) groups is 2. The van der Waals surface area contributed by atoms with Crippen molar-refractivity contribution >= 4 is 43.2 Å². The molecule has 1 fully saturated rings. The monoisotopic (exact) mass is 1130 g/mol. The Balaban J connectivity index is 2.86. The highest BCUT2D eigenvalue weighted by Gasteiger charge is 2.59. The van der Waals surface area contributed by atoms with Gasteiger partial charge in [-0.25, -0.2) is 18.3 Å². The van der Waals surface area contributed by atoms with Crippen LogP contribution in [0.4, 0.5) is 0 Å². The normalized spacial score (nSPS) is 21.3. The first-order valence-corrected chi connectivity index (χ1v) is 32.1. The molecule has 0 amide bonds. The van der Waals surface area contributed by atoms with Crippen LogP contribution in [0.2, 0.25) is 0 Å². The Morgan fingerprint density at radius 1 is 0.438 bits per heavy atom. The van der Waals surface area contributed by atoms with Crippen LogP contribution in [0.5, 0.6) is 0 Å². The fourth-order valence-corrected chi connectivity index (χ4v) is 10.5. The van der Waals surface area contributed by atoms with Crippen molar-refractivity contribution in [1.29, 1.82) is 0 Å². The minimum atomic E-state index is -5.79. The van der Waals surface area contributed by atoms with Crippen molar-refractivity contribution in [3.63, 3.8) is 0 Å². The highest BCUT2D eigenvalue weighted by atomic mass is 31.2. The smallest absolute Gasteiger partial charge is 0.462 e. The number of aliphatic hydroxyl groups is 2. The van der Waals surface area contributed by atoms with Gasteiger partial charge in [0.15, 0.2) is 6.10 Å². The van der Waals surface area contributed by atoms with E-state index in [0.717, 1.165) is 89.9 Å². The van der Waals surface area contributed by atoms with Crippen LogP contribution < -0.4 is 0 Å². The van der Waals surface area contributed by atoms with Crippen LogP contribution in [0.3, 0.4) is 0 Å². The summed E-state index contributed by atoms with van der Waals surface area (Å²) in [6.07, 6.45) is 21.9. The van der Waals surface area contributed by atoms with E-state index < -0.39 is 99.2 Å². The first-order valence-electron chi connectivity index (χ1n) is 26.0. The van der Waals surface area contributed by atoms with Crippen molar-refractivity contribution in [3.05, 3.63) is 36.5 Å². The van der Waals surface area contributed by atoms with Gasteiger partial charge >= 0.3 is 43.2 Å². The lowest BCUT2D eigenvalue weighted by molar-refractivity contribution is -0.209. The third-order valence-electron chi connectivity index (χ3n) is 11.7. The molecule has 0 saturated heterocycles. The van der Waals surface area contributed by atoms with Crippen molar-refractivity contribution in [1.82, 2.24) is 0 Å². The van der Waals surface area contributed by atoms with E-state index in [4.69, 9.17) is 18.5 Å². The molecule has 0 bridgehead atoms. The molecule has 1 saturated carbocycles. The van der Waals surface area contributed by atoms with E-state index in [1.807, 2.05) is 0 Å². The number of carbonyl (C=O) groups excluding carboxylic acids is 2. The Kier molecular flexibility index (Phi) is 37.9. The second-order valence-corrected chi connectivity index (χ2v) is 23.3. The zero-order valence-corrected chi connectivity index (χ0v) is 46.4. The van der Waals surface area contributed by atoms with E-state index in [1.54, 1.807) is 0 Å². The molecule has 9 N–H and O–H groups in total. The number of aliphatic hydroxyl groups excluding tert-OH is 2. The maximum Gasteiger partial charge on any atom is 0.472 e. The van der Waals surface area contributed by atoms with Crippen molar-refractivity contribution < 1.29 is 104 Å². The Labute approximate surface area is 432 Å². The van der Waals surface area contributed by atoms with Crippen LogP contribution in [-0.2, 0) is 59.9 Å². The van der Waals surface area contributed by atoms with Gasteiger partial charge in [0.25, 0.3) is 0 Å². The molecule has 22 nitrogen and oxygen atoms in total. The number of rotatable bonds is 45. The Hall–Kier alpha value is -1.48. The predicted octanol–water partition coefficient (Wildman–Crippen LogP) is 9.74. The van der Waals surface area contributed by atoms with Crippen LogP contribution in [0.15, 0.2) is 36.5 Å². The highest BCUT2D eigenvalue weighted by Crippen LogP contribution is 2.53. The fraction of sp³-hybridized carbons (Fsp3) is 0.830. The first kappa shape index (κ1) is 69.5. The molecular formula is C47H88O22P4. The molecule has 0 spiro atoms. The summed E-state index contributed by atoms with van der Waals surface area (Å²) in [4.78, 5) is 93.0. The molecular weight excluding hydrogens is 1040 g/mol. The van der Waals surface area contributed by atoms with Crippen LogP contribution in [0.1, 0.15) is 194 Å². The quantitative estimate of drug-likeness (QED) is 0.0118. The molecule has 0 aliphatic heterocycles. The molecule has 73 heavy (non-hydrogen) atoms. The standard InChI is InChI=1S/C47H88O22P4/c1-3-5-7-9-11-13-15-17-19-20-22-24-26-28-30-32-34-36-41(49)65-39(37-63-40(48)35-33-31-29-27-25-23-21-18-16-14-12-10-8-6-4-2)38-64-73(61,62)69-44-42(50)45(66-70(52,53)54)47(68-72(58,59)60)46(43(44)51)67-71(55,56)57/h12,14,17-19,21,39,42-47,50-51H,3-11,13,15-16,20,22-38H2,1-2H3,(H,61,62)(H2,52,53,54)(H2,55,56,57)(H2,58,59,60)/t39-,42?,43?,44?,45+,46?,47?/m1/s1. The SMILES string of the molecule is CCCCCC=CCC=CCCCCCCCC(=O)OC[C@H](COP(=O)(O)OC1C(O)C(OP(=O)(O)O)C(OP(=O)(O)O)[C@@H](OP(=O)(O)O)C1O)OC(=O)CCCCCCCCCC=CCCCCCCCC. The summed E-state index contributed by atoms with van der Waals surface area (Å²) in [5, 5.41) is 21.9. The number of hydrogen-bond donors (Lipinski definition) is 9. The summed E-state index contributed by atoms with van der Waals surface area (Å²) in [6.45, 7) is 2.73. The number of esters is 2. The maximum absolute atomic E-state index is 13.3. The summed E-state index contributed by atoms with van der Waals surface area (Å²) >= 11 is 0. The van der Waals surface area contributed by atoms with E-state index in [-0.39, 0.29) is 12.8 Å². The molecule has 6 unspecified atom stereocenters. The summed E-state index contributed by atoms with van der Waals surface area (Å²) in [7, 11) is -23.0. The largest absolute Gasteiger partial charge is 0.472 e. The average Bonchev–Trinajstić information content (AvgIpc) is 3.30. The van der Waals surface area contributed by atoms with E-state index in [0.29, 0.717) is 19.3 Å². The van der Waals surface area contributed by atoms with Gasteiger partial charge in [-0.2, -0.15) is 0 Å². The fourth-order valence-electron chi connectivity index (χ4n) is 7.87. The molecule has 0 aromatic rings. The molecule has 26 heteroatoms. The molecule has 1 aliphatic rings. The van der Waals surface area contributed by atoms with Gasteiger partial charge in [0, 0.05) is 12.8 Å². The first-order chi connectivity index (χ1) is 34.5. The number of allylic oxidation sites excluding steroid dienone is 6. The van der Waals surface area contributed by atoms with E-state index in [9.17, 15) is 72.3 Å². The molecule has 0 aromatic heterocycles. The van der Waals surface area contributed by atoms with E-state index >= 15 is 0 Å². The second-order valence-electron chi connectivity index (χ2n) is 18.3. The zero-order chi connectivity index (χ0) is 54.6. The number of phosphoric acid groups is 4. The lowest BCUT2D eigenvalue weighted by Crippen LogP contribution is -2.65. The maximum atomic E-state index is 13.3. The van der Waals surface area contributed by atoms with Gasteiger partial charge in [0.05, 0.1) is 6.61 Å². The minimum absolute atomic E-state index is 0.0173. The third kappa shape index (κ3) is 37.9. The van der Waals surface area contributed by atoms with Crippen molar-refractivity contribution in [2.24, 2.45) is 0 Å². The summed E-state index contributed by atoms with van der Waals surface area (Å²) < 4.78 is 82.3. The zero-order valence-electron chi connectivity index (χ0n) is 42.8. The van der Waals surface area contributed by atoms with Gasteiger partial charge in [-0.05, 0) is 70.6 Å². The van der Waals surface area contributed by atoms with Crippen LogP contribution in [-0.4, -0.2) is 112 Å². The molecule has 428 valence electrons. The molecule has 1 rings (SSSR count). The second kappa shape index (κ2) is 39.8. The van der Waals surface area contributed by atoms with Gasteiger partial charge in [0.2, 0.25) is 0 Å².